The number of anilines is 1. The number of nitrogens with zero attached hydrogens (tertiary/aromatic N) is 2. The van der Waals surface area contributed by atoms with E-state index in [1.54, 1.807) is 23.6 Å². The molecule has 1 atom stereocenters. The van der Waals surface area contributed by atoms with Crippen molar-refractivity contribution in [1.82, 2.24) is 9.78 Å². The minimum Gasteiger partial charge on any atom is -0.497 e. The molecule has 2 aromatic carbocycles. The van der Waals surface area contributed by atoms with E-state index in [9.17, 15) is 4.79 Å². The number of nitrogens with one attached hydrogen (secondary N) is 1. The first kappa shape index (κ1) is 18.9. The summed E-state index contributed by atoms with van der Waals surface area (Å²) in [6.45, 7) is 3.93. The van der Waals surface area contributed by atoms with Crippen LogP contribution in [0.3, 0.4) is 0 Å². The fourth-order valence-electron chi connectivity index (χ4n) is 3.35. The van der Waals surface area contributed by atoms with Gasteiger partial charge in [0, 0.05) is 10.6 Å². The van der Waals surface area contributed by atoms with Crippen LogP contribution in [0.1, 0.15) is 27.6 Å². The molecule has 1 aliphatic rings. The first-order chi connectivity index (χ1) is 13.5. The highest BCUT2D eigenvalue weighted by Gasteiger charge is 2.30. The fourth-order valence-corrected chi connectivity index (χ4v) is 4.70. The van der Waals surface area contributed by atoms with E-state index in [1.807, 2.05) is 50.2 Å². The maximum absolute atomic E-state index is 12.4. The highest BCUT2D eigenvalue weighted by molar-refractivity contribution is 8.00. The van der Waals surface area contributed by atoms with Gasteiger partial charge in [0.2, 0.25) is 5.91 Å². The van der Waals surface area contributed by atoms with Crippen LogP contribution < -0.4 is 10.1 Å². The summed E-state index contributed by atoms with van der Waals surface area (Å²) in [6.07, 6.45) is 0. The van der Waals surface area contributed by atoms with Crippen LogP contribution in [0, 0.1) is 13.8 Å². The topological polar surface area (TPSA) is 56.1 Å². The predicted octanol–water partition coefficient (Wildman–Crippen LogP) is 4.93. The van der Waals surface area contributed by atoms with Crippen LogP contribution in [0.4, 0.5) is 5.82 Å². The minimum atomic E-state index is -0.0454. The second-order valence-corrected chi connectivity index (χ2v) is 8.21. The third-order valence-corrected chi connectivity index (χ3v) is 6.48. The number of fused-ring (bicyclic) bond motifs is 1. The smallest absolute Gasteiger partial charge is 0.235 e. The average molecular weight is 414 g/mol. The Bertz CT molecular complexity index is 1060. The standard InChI is InChI=1S/C21H20ClN3O2S/c1-12-7-8-15(10-17(12)22)25-21-19(13(2)24-25)20(28-11-18(26)23-21)14-5-4-6-16(9-14)27-3/h4-10,20H,11H2,1-3H3,(H,23,26)/t20-/m1/s1. The number of aromatic nitrogens is 2. The van der Waals surface area contributed by atoms with Crippen molar-refractivity contribution in [3.05, 3.63) is 69.9 Å². The summed E-state index contributed by atoms with van der Waals surface area (Å²) in [6, 6.07) is 13.7. The molecule has 0 fully saturated rings. The number of benzene rings is 2. The molecule has 2 heterocycles. The first-order valence-corrected chi connectivity index (χ1v) is 10.3. The summed E-state index contributed by atoms with van der Waals surface area (Å²) in [5.41, 5.74) is 4.76. The third kappa shape index (κ3) is 3.38. The van der Waals surface area contributed by atoms with Gasteiger partial charge in [0.25, 0.3) is 0 Å². The number of amides is 1. The van der Waals surface area contributed by atoms with E-state index in [0.29, 0.717) is 16.6 Å². The Kier molecular flexibility index (Phi) is 5.08. The second kappa shape index (κ2) is 7.53. The van der Waals surface area contributed by atoms with E-state index in [-0.39, 0.29) is 11.2 Å². The van der Waals surface area contributed by atoms with Gasteiger partial charge in [-0.2, -0.15) is 5.10 Å². The van der Waals surface area contributed by atoms with Crippen LogP contribution >= 0.6 is 23.4 Å². The van der Waals surface area contributed by atoms with Crippen molar-refractivity contribution >= 4 is 35.1 Å². The van der Waals surface area contributed by atoms with Crippen LogP contribution in [0.15, 0.2) is 42.5 Å². The number of rotatable bonds is 3. The lowest BCUT2D eigenvalue weighted by atomic mass is 10.0. The monoisotopic (exact) mass is 413 g/mol. The molecule has 1 aliphatic heterocycles. The van der Waals surface area contributed by atoms with Gasteiger partial charge in [0.15, 0.2) is 0 Å². The van der Waals surface area contributed by atoms with Gasteiger partial charge in [-0.05, 0) is 49.2 Å². The molecule has 0 saturated heterocycles. The van der Waals surface area contributed by atoms with Gasteiger partial charge >= 0.3 is 0 Å². The lowest BCUT2D eigenvalue weighted by Gasteiger charge is -2.16. The number of methoxy groups -OCH3 is 1. The molecular formula is C21H20ClN3O2S. The van der Waals surface area contributed by atoms with E-state index in [0.717, 1.165) is 33.8 Å². The van der Waals surface area contributed by atoms with Crippen molar-refractivity contribution in [3.63, 3.8) is 0 Å². The number of carbonyl (C=O) groups excluding carboxylic acids is 1. The number of aryl methyl sites for hydroxylation is 2. The molecule has 0 bridgehead atoms. The van der Waals surface area contributed by atoms with E-state index in [1.165, 1.54) is 0 Å². The van der Waals surface area contributed by atoms with Gasteiger partial charge < -0.3 is 10.1 Å². The lowest BCUT2D eigenvalue weighted by molar-refractivity contribution is -0.113. The number of hydrogen-bond donors (Lipinski definition) is 1. The molecule has 0 saturated carbocycles. The zero-order valence-electron chi connectivity index (χ0n) is 15.8. The number of halogens is 1. The largest absolute Gasteiger partial charge is 0.497 e. The fraction of sp³-hybridized carbons (Fsp3) is 0.238. The van der Waals surface area contributed by atoms with Gasteiger partial charge in [0.05, 0.1) is 29.5 Å². The maximum atomic E-state index is 12.4. The van der Waals surface area contributed by atoms with Crippen molar-refractivity contribution < 1.29 is 9.53 Å². The van der Waals surface area contributed by atoms with Crippen molar-refractivity contribution in [2.75, 3.05) is 18.2 Å². The van der Waals surface area contributed by atoms with Gasteiger partial charge in [0.1, 0.15) is 11.6 Å². The summed E-state index contributed by atoms with van der Waals surface area (Å²) in [5, 5.41) is 8.40. The molecule has 1 aromatic heterocycles. The summed E-state index contributed by atoms with van der Waals surface area (Å²) < 4.78 is 7.16. The molecule has 5 nitrogen and oxygen atoms in total. The summed E-state index contributed by atoms with van der Waals surface area (Å²) >= 11 is 7.91. The predicted molar refractivity (Wildman–Crippen MR) is 114 cm³/mol. The summed E-state index contributed by atoms with van der Waals surface area (Å²) in [5.74, 6) is 1.81. The van der Waals surface area contributed by atoms with Gasteiger partial charge in [-0.15, -0.1) is 11.8 Å². The quantitative estimate of drug-likeness (QED) is 0.661. The highest BCUT2D eigenvalue weighted by atomic mass is 35.5. The number of ether oxygens (including phenoxy) is 1. The molecule has 0 aliphatic carbocycles. The average Bonchev–Trinajstić information content (AvgIpc) is 2.89. The Morgan fingerprint density at radius 1 is 1.25 bits per heavy atom. The molecule has 7 heteroatoms. The van der Waals surface area contributed by atoms with Gasteiger partial charge in [-0.25, -0.2) is 4.68 Å². The van der Waals surface area contributed by atoms with E-state index in [4.69, 9.17) is 21.4 Å². The molecule has 0 radical (unpaired) electrons. The molecule has 1 amide bonds. The molecule has 4 rings (SSSR count). The van der Waals surface area contributed by atoms with Crippen LogP contribution in [0.5, 0.6) is 5.75 Å². The molecule has 3 aromatic rings. The van der Waals surface area contributed by atoms with E-state index >= 15 is 0 Å². The first-order valence-electron chi connectivity index (χ1n) is 8.89. The summed E-state index contributed by atoms with van der Waals surface area (Å²) in [7, 11) is 1.65. The van der Waals surface area contributed by atoms with Crippen LogP contribution in [0.25, 0.3) is 5.69 Å². The Balaban J connectivity index is 1.88. The van der Waals surface area contributed by atoms with Crippen LogP contribution in [0.2, 0.25) is 5.02 Å². The zero-order chi connectivity index (χ0) is 19.8. The maximum Gasteiger partial charge on any atom is 0.235 e. The van der Waals surface area contributed by atoms with Crippen molar-refractivity contribution in [2.24, 2.45) is 0 Å². The van der Waals surface area contributed by atoms with Crippen molar-refractivity contribution in [3.8, 4) is 11.4 Å². The van der Waals surface area contributed by atoms with Crippen molar-refractivity contribution in [2.45, 2.75) is 19.1 Å². The second-order valence-electron chi connectivity index (χ2n) is 6.71. The molecule has 0 spiro atoms. The molecule has 144 valence electrons. The zero-order valence-corrected chi connectivity index (χ0v) is 17.4. The minimum absolute atomic E-state index is 0.0290. The van der Waals surface area contributed by atoms with Crippen LogP contribution in [-0.2, 0) is 4.79 Å². The number of carbonyl (C=O) groups is 1. The molecule has 0 unspecified atom stereocenters. The Morgan fingerprint density at radius 2 is 2.07 bits per heavy atom. The Morgan fingerprint density at radius 3 is 2.82 bits per heavy atom. The van der Waals surface area contributed by atoms with E-state index < -0.39 is 0 Å². The Labute approximate surface area is 173 Å². The molecular weight excluding hydrogens is 394 g/mol. The molecule has 1 N–H and O–H groups in total. The lowest BCUT2D eigenvalue weighted by Crippen LogP contribution is -2.15. The normalized spacial score (nSPS) is 16.3. The van der Waals surface area contributed by atoms with Gasteiger partial charge in [-0.3, -0.25) is 4.79 Å². The van der Waals surface area contributed by atoms with Crippen LogP contribution in [-0.4, -0.2) is 28.6 Å². The van der Waals surface area contributed by atoms with E-state index in [2.05, 4.69) is 11.4 Å². The van der Waals surface area contributed by atoms with Gasteiger partial charge in [-0.1, -0.05) is 29.8 Å². The highest BCUT2D eigenvalue weighted by Crippen LogP contribution is 2.44. The Hall–Kier alpha value is -2.44. The molecule has 28 heavy (non-hydrogen) atoms. The summed E-state index contributed by atoms with van der Waals surface area (Å²) in [4.78, 5) is 12.4. The SMILES string of the molecule is COc1cccc([C@H]2SCC(=O)Nc3c2c(C)nn3-c2ccc(C)c(Cl)c2)c1. The van der Waals surface area contributed by atoms with Crippen molar-refractivity contribution in [1.29, 1.82) is 0 Å². The third-order valence-electron chi connectivity index (χ3n) is 4.80. The number of thioether (sulfide) groups is 1. The number of hydrogen-bond acceptors (Lipinski definition) is 4.